The lowest BCUT2D eigenvalue weighted by atomic mass is 9.82. The van der Waals surface area contributed by atoms with Gasteiger partial charge >= 0.3 is 0 Å². The molecule has 1 aromatic carbocycles. The number of hydrogen-bond donors (Lipinski definition) is 3. The highest BCUT2D eigenvalue weighted by Gasteiger charge is 2.18. The first-order valence-corrected chi connectivity index (χ1v) is 9.95. The number of hydrogen-bond acceptors (Lipinski definition) is 2. The van der Waals surface area contributed by atoms with Crippen LogP contribution < -0.4 is 16.0 Å². The zero-order chi connectivity index (χ0) is 18.8. The highest BCUT2D eigenvalue weighted by Crippen LogP contribution is 2.28. The van der Waals surface area contributed by atoms with Crippen LogP contribution in [-0.4, -0.2) is 38.5 Å². The van der Waals surface area contributed by atoms with Crippen molar-refractivity contribution in [1.82, 2.24) is 16.0 Å². The van der Waals surface area contributed by atoms with Gasteiger partial charge < -0.3 is 16.0 Å². The molecule has 26 heavy (non-hydrogen) atoms. The summed E-state index contributed by atoms with van der Waals surface area (Å²) < 4.78 is 0. The van der Waals surface area contributed by atoms with Crippen molar-refractivity contribution >= 4 is 11.9 Å². The summed E-state index contributed by atoms with van der Waals surface area (Å²) in [6.07, 6.45) is 6.17. The highest BCUT2D eigenvalue weighted by atomic mass is 16.1. The van der Waals surface area contributed by atoms with Crippen molar-refractivity contribution in [2.75, 3.05) is 26.7 Å². The summed E-state index contributed by atoms with van der Waals surface area (Å²) in [5.74, 6) is 2.41. The fourth-order valence-electron chi connectivity index (χ4n) is 3.63. The average Bonchev–Trinajstić information content (AvgIpc) is 2.66. The number of aliphatic imine (C=N–C) groups is 1. The first-order chi connectivity index (χ1) is 12.6. The third-order valence-corrected chi connectivity index (χ3v) is 5.02. The Morgan fingerprint density at radius 3 is 2.85 bits per heavy atom. The van der Waals surface area contributed by atoms with Crippen molar-refractivity contribution in [2.45, 2.75) is 46.0 Å². The fourth-order valence-corrected chi connectivity index (χ4v) is 3.63. The molecule has 1 aromatic rings. The van der Waals surface area contributed by atoms with Crippen molar-refractivity contribution in [3.8, 4) is 0 Å². The Bertz CT molecular complexity index is 599. The highest BCUT2D eigenvalue weighted by molar-refractivity contribution is 5.94. The van der Waals surface area contributed by atoms with Gasteiger partial charge in [0.2, 0.25) is 0 Å². The van der Waals surface area contributed by atoms with Gasteiger partial charge in [0.15, 0.2) is 5.96 Å². The van der Waals surface area contributed by atoms with Gasteiger partial charge in [-0.1, -0.05) is 31.9 Å². The second kappa shape index (κ2) is 10.8. The number of carbonyl (C=O) groups is 1. The number of amides is 1. The molecule has 0 spiro atoms. The van der Waals surface area contributed by atoms with Crippen LogP contribution in [0.3, 0.4) is 0 Å². The number of rotatable bonds is 7. The van der Waals surface area contributed by atoms with Gasteiger partial charge in [0.1, 0.15) is 0 Å². The van der Waals surface area contributed by atoms with Crippen molar-refractivity contribution in [3.63, 3.8) is 0 Å². The van der Waals surface area contributed by atoms with Crippen molar-refractivity contribution in [3.05, 3.63) is 35.4 Å². The van der Waals surface area contributed by atoms with E-state index in [9.17, 15) is 4.79 Å². The largest absolute Gasteiger partial charge is 0.357 e. The molecule has 1 aliphatic carbocycles. The van der Waals surface area contributed by atoms with Crippen molar-refractivity contribution in [1.29, 1.82) is 0 Å². The zero-order valence-corrected chi connectivity index (χ0v) is 16.5. The summed E-state index contributed by atoms with van der Waals surface area (Å²) in [7, 11) is 1.66. The van der Waals surface area contributed by atoms with E-state index in [1.54, 1.807) is 7.05 Å². The minimum atomic E-state index is -0.0450. The average molecular weight is 359 g/mol. The minimum Gasteiger partial charge on any atom is -0.357 e. The maximum atomic E-state index is 11.7. The van der Waals surface area contributed by atoms with Crippen LogP contribution in [0.2, 0.25) is 0 Å². The van der Waals surface area contributed by atoms with Gasteiger partial charge in [0, 0.05) is 32.2 Å². The van der Waals surface area contributed by atoms with Crippen LogP contribution in [0.4, 0.5) is 0 Å². The van der Waals surface area contributed by atoms with E-state index in [1.165, 1.54) is 25.7 Å². The fraction of sp³-hybridized carbons (Fsp3) is 0.619. The Morgan fingerprint density at radius 2 is 2.12 bits per heavy atom. The molecule has 2 unspecified atom stereocenters. The van der Waals surface area contributed by atoms with E-state index >= 15 is 0 Å². The van der Waals surface area contributed by atoms with Crippen LogP contribution in [0, 0.1) is 11.8 Å². The Hall–Kier alpha value is -2.04. The molecule has 1 saturated carbocycles. The molecule has 1 amide bonds. The van der Waals surface area contributed by atoms with E-state index < -0.39 is 0 Å². The quantitative estimate of drug-likeness (QED) is 0.519. The first-order valence-electron chi connectivity index (χ1n) is 9.95. The van der Waals surface area contributed by atoms with E-state index in [2.05, 4.69) is 35.9 Å². The molecule has 2 rings (SSSR count). The molecular formula is C21H34N4O. The van der Waals surface area contributed by atoms with Gasteiger partial charge in [-0.2, -0.15) is 0 Å². The Kier molecular flexibility index (Phi) is 8.45. The summed E-state index contributed by atoms with van der Waals surface area (Å²) in [6.45, 7) is 7.01. The molecule has 5 nitrogen and oxygen atoms in total. The van der Waals surface area contributed by atoms with Crippen LogP contribution >= 0.6 is 0 Å². The second-order valence-corrected chi connectivity index (χ2v) is 7.31. The molecule has 0 radical (unpaired) electrons. The monoisotopic (exact) mass is 358 g/mol. The molecule has 1 aliphatic rings. The lowest BCUT2D eigenvalue weighted by Crippen LogP contribution is -2.38. The SMILES string of the molecule is CCNC(=NCC1CCCC(C)C1)NCCc1cccc(C(=O)NC)c1. The molecule has 5 heteroatoms. The lowest BCUT2D eigenvalue weighted by molar-refractivity contribution is 0.0963. The number of guanidine groups is 1. The molecule has 3 N–H and O–H groups in total. The predicted molar refractivity (Wildman–Crippen MR) is 109 cm³/mol. The van der Waals surface area contributed by atoms with E-state index in [0.29, 0.717) is 5.56 Å². The third kappa shape index (κ3) is 6.70. The summed E-state index contributed by atoms with van der Waals surface area (Å²) in [5.41, 5.74) is 1.85. The van der Waals surface area contributed by atoms with E-state index in [4.69, 9.17) is 4.99 Å². The standard InChI is InChI=1S/C21H34N4O/c1-4-23-21(25-15-18-9-5-7-16(2)13-18)24-12-11-17-8-6-10-19(14-17)20(26)22-3/h6,8,10,14,16,18H,4-5,7,9,11-13,15H2,1-3H3,(H,22,26)(H2,23,24,25). The molecule has 1 fully saturated rings. The summed E-state index contributed by atoms with van der Waals surface area (Å²) in [4.78, 5) is 16.5. The van der Waals surface area contributed by atoms with Gasteiger partial charge in [-0.05, 0) is 55.7 Å². The van der Waals surface area contributed by atoms with Crippen molar-refractivity contribution in [2.24, 2.45) is 16.8 Å². The van der Waals surface area contributed by atoms with Gasteiger partial charge in [-0.3, -0.25) is 9.79 Å². The number of nitrogens with zero attached hydrogens (tertiary/aromatic N) is 1. The number of nitrogens with one attached hydrogen (secondary N) is 3. The topological polar surface area (TPSA) is 65.5 Å². The maximum absolute atomic E-state index is 11.7. The van der Waals surface area contributed by atoms with Crippen molar-refractivity contribution < 1.29 is 4.79 Å². The number of benzene rings is 1. The van der Waals surface area contributed by atoms with E-state index in [-0.39, 0.29) is 5.91 Å². The van der Waals surface area contributed by atoms with Gasteiger partial charge in [0.05, 0.1) is 0 Å². The molecule has 0 heterocycles. The summed E-state index contributed by atoms with van der Waals surface area (Å²) in [5, 5.41) is 9.42. The third-order valence-electron chi connectivity index (χ3n) is 5.02. The minimum absolute atomic E-state index is 0.0450. The summed E-state index contributed by atoms with van der Waals surface area (Å²) >= 11 is 0. The van der Waals surface area contributed by atoms with Gasteiger partial charge in [-0.25, -0.2) is 0 Å². The zero-order valence-electron chi connectivity index (χ0n) is 16.5. The smallest absolute Gasteiger partial charge is 0.251 e. The predicted octanol–water partition coefficient (Wildman–Crippen LogP) is 2.97. The van der Waals surface area contributed by atoms with Crippen LogP contribution in [-0.2, 0) is 6.42 Å². The normalized spacial score (nSPS) is 20.5. The molecule has 0 bridgehead atoms. The van der Waals surface area contributed by atoms with Crippen LogP contribution in [0.1, 0.15) is 55.5 Å². The second-order valence-electron chi connectivity index (χ2n) is 7.31. The van der Waals surface area contributed by atoms with Crippen LogP contribution in [0.5, 0.6) is 0 Å². The van der Waals surface area contributed by atoms with Gasteiger partial charge in [0.25, 0.3) is 5.91 Å². The maximum Gasteiger partial charge on any atom is 0.251 e. The van der Waals surface area contributed by atoms with E-state index in [0.717, 1.165) is 49.4 Å². The van der Waals surface area contributed by atoms with Crippen LogP contribution in [0.15, 0.2) is 29.3 Å². The first kappa shape index (κ1) is 20.3. The Balaban J connectivity index is 1.84. The Labute approximate surface area is 158 Å². The summed E-state index contributed by atoms with van der Waals surface area (Å²) in [6, 6.07) is 7.78. The molecule has 144 valence electrons. The molecule has 0 aromatic heterocycles. The lowest BCUT2D eigenvalue weighted by Gasteiger charge is -2.25. The van der Waals surface area contributed by atoms with Gasteiger partial charge in [-0.15, -0.1) is 0 Å². The molecular weight excluding hydrogens is 324 g/mol. The Morgan fingerprint density at radius 1 is 1.27 bits per heavy atom. The van der Waals surface area contributed by atoms with Crippen LogP contribution in [0.25, 0.3) is 0 Å². The molecule has 0 saturated heterocycles. The molecule has 0 aliphatic heterocycles. The van der Waals surface area contributed by atoms with E-state index in [1.807, 2.05) is 18.2 Å². The molecule has 2 atom stereocenters. The number of carbonyl (C=O) groups excluding carboxylic acids is 1.